The molecule has 0 spiro atoms. The second kappa shape index (κ2) is 4.76. The zero-order valence-corrected chi connectivity index (χ0v) is 14.9. The molecule has 0 atom stereocenters. The molecule has 5 heteroatoms. The summed E-state index contributed by atoms with van der Waals surface area (Å²) in [4.78, 5) is 12.6. The molecule has 0 N–H and O–H groups in total. The van der Waals surface area contributed by atoms with E-state index < -0.39 is 8.56 Å². The van der Waals surface area contributed by atoms with Crippen LogP contribution in [0.1, 0.15) is 51.9 Å². The van der Waals surface area contributed by atoms with Gasteiger partial charge in [0.25, 0.3) is 0 Å². The van der Waals surface area contributed by atoms with Crippen molar-refractivity contribution in [2.45, 2.75) is 51.6 Å². The molecule has 0 bridgehead atoms. The number of methoxy groups -OCH3 is 1. The highest BCUT2D eigenvalue weighted by molar-refractivity contribution is 6.76. The minimum absolute atomic E-state index is 0.248. The summed E-state index contributed by atoms with van der Waals surface area (Å²) in [5.74, 6) is 0.718. The number of ether oxygens (including phenoxy) is 1. The van der Waals surface area contributed by atoms with Gasteiger partial charge in [0.1, 0.15) is 17.1 Å². The van der Waals surface area contributed by atoms with Gasteiger partial charge < -0.3 is 13.6 Å². The van der Waals surface area contributed by atoms with E-state index in [0.717, 1.165) is 0 Å². The predicted octanol–water partition coefficient (Wildman–Crippen LogP) is 4.29. The number of carbonyl (C=O) groups is 1. The van der Waals surface area contributed by atoms with Crippen molar-refractivity contribution in [1.29, 1.82) is 0 Å². The maximum Gasteiger partial charge on any atom is 0.473 e. The highest BCUT2D eigenvalue weighted by Crippen LogP contribution is 2.55. The van der Waals surface area contributed by atoms with Gasteiger partial charge in [0, 0.05) is 10.1 Å². The molecule has 0 saturated heterocycles. The molecule has 1 aliphatic rings. The third kappa shape index (κ3) is 2.33. The maximum absolute atomic E-state index is 12.6. The zero-order chi connectivity index (χ0) is 16.1. The monoisotopic (exact) mass is 308 g/mol. The Morgan fingerprint density at radius 1 is 1.00 bits per heavy atom. The largest absolute Gasteiger partial charge is 0.510 e. The Kier molecular flexibility index (Phi) is 3.60. The molecule has 0 radical (unpaired) electrons. The van der Waals surface area contributed by atoms with Crippen LogP contribution in [-0.2, 0) is 4.43 Å². The van der Waals surface area contributed by atoms with Crippen LogP contribution >= 0.6 is 0 Å². The van der Waals surface area contributed by atoms with Crippen molar-refractivity contribution < 1.29 is 18.4 Å². The summed E-state index contributed by atoms with van der Waals surface area (Å²) in [7, 11) is -1.30. The fourth-order valence-electron chi connectivity index (χ4n) is 3.06. The number of carbonyl (C=O) groups excluding carboxylic acids is 1. The van der Waals surface area contributed by atoms with Gasteiger partial charge in [0.15, 0.2) is 0 Å². The second-order valence-corrected chi connectivity index (χ2v) is 12.1. The maximum atomic E-state index is 12.6. The first kappa shape index (κ1) is 15.9. The van der Waals surface area contributed by atoms with Crippen LogP contribution in [0.25, 0.3) is 0 Å². The molecule has 1 aromatic carbocycles. The summed E-state index contributed by atoms with van der Waals surface area (Å²) in [6, 6.07) is 5.39. The number of rotatable bonds is 1. The lowest BCUT2D eigenvalue weighted by atomic mass is 10.2. The Balaban J connectivity index is 2.64. The minimum Gasteiger partial charge on any atom is -0.510 e. The van der Waals surface area contributed by atoms with Crippen molar-refractivity contribution in [3.63, 3.8) is 0 Å². The summed E-state index contributed by atoms with van der Waals surface area (Å²) in [5.41, 5.74) is 0.386. The topological polar surface area (TPSA) is 44.8 Å². The Morgan fingerprint density at radius 3 is 2.05 bits per heavy atom. The summed E-state index contributed by atoms with van der Waals surface area (Å²) >= 11 is 0. The Bertz CT molecular complexity index is 553. The van der Waals surface area contributed by atoms with Gasteiger partial charge in [-0.1, -0.05) is 47.6 Å². The number of hydrogen-bond donors (Lipinski definition) is 0. The van der Waals surface area contributed by atoms with Crippen molar-refractivity contribution in [3.05, 3.63) is 23.8 Å². The third-order valence-electron chi connectivity index (χ3n) is 3.88. The van der Waals surface area contributed by atoms with Gasteiger partial charge in [0.2, 0.25) is 0 Å². The molecule has 1 heterocycles. The van der Waals surface area contributed by atoms with Crippen molar-refractivity contribution in [1.82, 2.24) is 0 Å². The Hall–Kier alpha value is -1.49. The molecule has 116 valence electrons. The summed E-state index contributed by atoms with van der Waals surface area (Å²) in [6.07, 6.45) is 0. The van der Waals surface area contributed by atoms with Crippen molar-refractivity contribution in [2.24, 2.45) is 0 Å². The van der Waals surface area contributed by atoms with Crippen LogP contribution in [0.2, 0.25) is 10.1 Å². The van der Waals surface area contributed by atoms with Crippen LogP contribution in [0.3, 0.4) is 0 Å². The molecule has 1 aromatic rings. The summed E-state index contributed by atoms with van der Waals surface area (Å²) in [6.45, 7) is 12.4. The van der Waals surface area contributed by atoms with E-state index in [-0.39, 0.29) is 16.0 Å². The van der Waals surface area contributed by atoms with Gasteiger partial charge >= 0.3 is 14.5 Å². The highest BCUT2D eigenvalue weighted by atomic mass is 28.4. The number of hydrogen-bond acceptors (Lipinski definition) is 4. The summed E-state index contributed by atoms with van der Waals surface area (Å²) < 4.78 is 17.6. The minimum atomic E-state index is -2.84. The molecule has 0 aliphatic carbocycles. The molecule has 4 nitrogen and oxygen atoms in total. The van der Waals surface area contributed by atoms with Gasteiger partial charge in [0.05, 0.1) is 7.11 Å². The SMILES string of the molecule is COc1cccc2c1C(=O)O[Si](C(C)(C)C)(C(C)(C)C)O2. The Labute approximate surface area is 127 Å². The van der Waals surface area contributed by atoms with Crippen LogP contribution in [0.4, 0.5) is 0 Å². The lowest BCUT2D eigenvalue weighted by Gasteiger charge is -2.49. The molecular weight excluding hydrogens is 284 g/mol. The van der Waals surface area contributed by atoms with Crippen molar-refractivity contribution in [3.8, 4) is 11.5 Å². The standard InChI is InChI=1S/C16H24O4Si/c1-15(2,3)21(16(4,5)6)19-12-10-8-9-11(18-7)13(12)14(17)20-21/h8-10H,1-7H3. The van der Waals surface area contributed by atoms with Gasteiger partial charge in [-0.3, -0.25) is 0 Å². The van der Waals surface area contributed by atoms with E-state index in [4.69, 9.17) is 13.6 Å². The van der Waals surface area contributed by atoms with E-state index in [2.05, 4.69) is 41.5 Å². The molecule has 0 unspecified atom stereocenters. The van der Waals surface area contributed by atoms with Gasteiger partial charge in [-0.15, -0.1) is 0 Å². The van der Waals surface area contributed by atoms with E-state index in [9.17, 15) is 4.79 Å². The fraction of sp³-hybridized carbons (Fsp3) is 0.562. The lowest BCUT2D eigenvalue weighted by Crippen LogP contribution is -2.62. The molecule has 0 saturated carbocycles. The fourth-order valence-corrected chi connectivity index (χ4v) is 7.42. The Morgan fingerprint density at radius 2 is 1.57 bits per heavy atom. The quantitative estimate of drug-likeness (QED) is 0.726. The molecule has 0 fully saturated rings. The van der Waals surface area contributed by atoms with Crippen LogP contribution in [-0.4, -0.2) is 21.6 Å². The van der Waals surface area contributed by atoms with E-state index in [0.29, 0.717) is 17.1 Å². The molecule has 1 aliphatic heterocycles. The lowest BCUT2D eigenvalue weighted by molar-refractivity contribution is 0.0600. The van der Waals surface area contributed by atoms with E-state index >= 15 is 0 Å². The highest BCUT2D eigenvalue weighted by Gasteiger charge is 2.65. The summed E-state index contributed by atoms with van der Waals surface area (Å²) in [5, 5.41) is -0.497. The third-order valence-corrected chi connectivity index (χ3v) is 8.81. The van der Waals surface area contributed by atoms with Crippen LogP contribution in [0, 0.1) is 0 Å². The zero-order valence-electron chi connectivity index (χ0n) is 13.9. The average Bonchev–Trinajstić information content (AvgIpc) is 2.35. The van der Waals surface area contributed by atoms with E-state index in [1.165, 1.54) is 7.11 Å². The van der Waals surface area contributed by atoms with Crippen LogP contribution in [0.5, 0.6) is 11.5 Å². The smallest absolute Gasteiger partial charge is 0.473 e. The first-order chi connectivity index (χ1) is 9.53. The van der Waals surface area contributed by atoms with E-state index in [1.807, 2.05) is 12.1 Å². The number of benzene rings is 1. The average molecular weight is 308 g/mol. The first-order valence-corrected chi connectivity index (χ1v) is 8.94. The predicted molar refractivity (Wildman–Crippen MR) is 84.2 cm³/mol. The molecule has 2 rings (SSSR count). The normalized spacial score (nSPS) is 17.6. The molecule has 0 aromatic heterocycles. The van der Waals surface area contributed by atoms with Crippen LogP contribution < -0.4 is 9.16 Å². The van der Waals surface area contributed by atoms with Crippen molar-refractivity contribution in [2.75, 3.05) is 7.11 Å². The van der Waals surface area contributed by atoms with Gasteiger partial charge in [-0.2, -0.15) is 0 Å². The van der Waals surface area contributed by atoms with Crippen LogP contribution in [0.15, 0.2) is 18.2 Å². The molecule has 21 heavy (non-hydrogen) atoms. The van der Waals surface area contributed by atoms with Gasteiger partial charge in [-0.25, -0.2) is 4.79 Å². The van der Waals surface area contributed by atoms with Gasteiger partial charge in [-0.05, 0) is 12.1 Å². The first-order valence-electron chi connectivity index (χ1n) is 7.13. The van der Waals surface area contributed by atoms with Crippen molar-refractivity contribution >= 4 is 14.5 Å². The molecular formula is C16H24O4Si. The molecule has 0 amide bonds. The number of fused-ring (bicyclic) bond motifs is 1. The second-order valence-electron chi connectivity index (χ2n) is 7.44. The van der Waals surface area contributed by atoms with E-state index in [1.54, 1.807) is 6.07 Å².